The van der Waals surface area contributed by atoms with Crippen molar-refractivity contribution in [2.75, 3.05) is 20.3 Å². The number of nitrogens with one attached hydrogen (secondary N) is 1. The molecule has 1 heterocycles. The Balaban J connectivity index is 2.31. The molecule has 1 aromatic rings. The third-order valence-electron chi connectivity index (χ3n) is 2.68. The first-order valence-corrected chi connectivity index (χ1v) is 6.06. The van der Waals surface area contributed by atoms with Crippen LogP contribution in [0.5, 0.6) is 5.88 Å². The van der Waals surface area contributed by atoms with Crippen molar-refractivity contribution < 1.29 is 14.6 Å². The van der Waals surface area contributed by atoms with Crippen LogP contribution in [0.3, 0.4) is 0 Å². The summed E-state index contributed by atoms with van der Waals surface area (Å²) >= 11 is 0. The summed E-state index contributed by atoms with van der Waals surface area (Å²) < 4.78 is 4.92. The number of hydrogen-bond donors (Lipinski definition) is 2. The van der Waals surface area contributed by atoms with Crippen LogP contribution in [0.15, 0.2) is 18.3 Å². The zero-order chi connectivity index (χ0) is 13.4. The van der Waals surface area contributed by atoms with Crippen LogP contribution >= 0.6 is 0 Å². The fraction of sp³-hybridized carbons (Fsp3) is 0.538. The predicted octanol–water partition coefficient (Wildman–Crippen LogP) is 1.23. The molecule has 5 nitrogen and oxygen atoms in total. The molecule has 18 heavy (non-hydrogen) atoms. The highest BCUT2D eigenvalue weighted by atomic mass is 16.5. The van der Waals surface area contributed by atoms with Gasteiger partial charge >= 0.3 is 0 Å². The molecular weight excluding hydrogens is 232 g/mol. The molecule has 0 aromatic carbocycles. The highest BCUT2D eigenvalue weighted by Gasteiger charge is 2.06. The molecule has 1 atom stereocenters. The van der Waals surface area contributed by atoms with Crippen LogP contribution in [-0.4, -0.2) is 36.3 Å². The number of carbonyl (C=O) groups excluding carboxylic acids is 1. The van der Waals surface area contributed by atoms with Crippen molar-refractivity contribution in [3.05, 3.63) is 23.9 Å². The number of aromatic nitrogens is 1. The normalized spacial score (nSPS) is 11.9. The average Bonchev–Trinajstić information content (AvgIpc) is 2.43. The number of methoxy groups -OCH3 is 1. The van der Waals surface area contributed by atoms with E-state index >= 15 is 0 Å². The molecule has 5 heteroatoms. The van der Waals surface area contributed by atoms with Gasteiger partial charge in [-0.3, -0.25) is 4.79 Å². The molecule has 100 valence electrons. The molecule has 0 aliphatic carbocycles. The van der Waals surface area contributed by atoms with Crippen molar-refractivity contribution in [1.29, 1.82) is 0 Å². The van der Waals surface area contributed by atoms with Gasteiger partial charge in [-0.2, -0.15) is 0 Å². The maximum Gasteiger partial charge on any atom is 0.252 e. The molecular formula is C13H20N2O3. The lowest BCUT2D eigenvalue weighted by Gasteiger charge is -2.08. The Hall–Kier alpha value is -1.62. The molecule has 0 bridgehead atoms. The zero-order valence-electron chi connectivity index (χ0n) is 10.8. The summed E-state index contributed by atoms with van der Waals surface area (Å²) in [5, 5.41) is 11.7. The summed E-state index contributed by atoms with van der Waals surface area (Å²) in [5.41, 5.74) is 0.519. The Bertz CT molecular complexity index is 365. The zero-order valence-corrected chi connectivity index (χ0v) is 10.8. The van der Waals surface area contributed by atoms with E-state index in [1.54, 1.807) is 12.1 Å². The van der Waals surface area contributed by atoms with Gasteiger partial charge in [0.15, 0.2) is 0 Å². The fourth-order valence-electron chi connectivity index (χ4n) is 1.48. The third kappa shape index (κ3) is 4.71. The highest BCUT2D eigenvalue weighted by molar-refractivity contribution is 5.93. The summed E-state index contributed by atoms with van der Waals surface area (Å²) in [6.45, 7) is 2.78. The van der Waals surface area contributed by atoms with Gasteiger partial charge in [0.05, 0.1) is 12.7 Å². The van der Waals surface area contributed by atoms with Gasteiger partial charge in [-0.05, 0) is 24.8 Å². The molecule has 1 amide bonds. The van der Waals surface area contributed by atoms with Crippen molar-refractivity contribution in [2.45, 2.75) is 19.8 Å². The molecule has 0 saturated carbocycles. The average molecular weight is 252 g/mol. The summed E-state index contributed by atoms with van der Waals surface area (Å²) in [5.74, 6) is 0.634. The summed E-state index contributed by atoms with van der Waals surface area (Å²) in [6, 6.07) is 3.33. The maximum atomic E-state index is 11.7. The molecule has 0 aliphatic rings. The van der Waals surface area contributed by atoms with Gasteiger partial charge in [0.1, 0.15) is 0 Å². The Morgan fingerprint density at radius 1 is 1.56 bits per heavy atom. The van der Waals surface area contributed by atoms with Gasteiger partial charge in [-0.25, -0.2) is 4.98 Å². The van der Waals surface area contributed by atoms with E-state index in [2.05, 4.69) is 10.3 Å². The molecule has 1 unspecified atom stereocenters. The SMILES string of the molecule is COc1ccc(C(=O)NCCCC(C)CO)cn1. The Morgan fingerprint density at radius 2 is 2.33 bits per heavy atom. The first-order chi connectivity index (χ1) is 8.67. The fourth-order valence-corrected chi connectivity index (χ4v) is 1.48. The number of aliphatic hydroxyl groups is 1. The molecule has 0 aliphatic heterocycles. The molecule has 0 fully saturated rings. The van der Waals surface area contributed by atoms with Crippen LogP contribution in [0.4, 0.5) is 0 Å². The first-order valence-electron chi connectivity index (χ1n) is 6.06. The number of hydrogen-bond acceptors (Lipinski definition) is 4. The minimum atomic E-state index is -0.137. The monoisotopic (exact) mass is 252 g/mol. The number of pyridine rings is 1. The van der Waals surface area contributed by atoms with Crippen LogP contribution in [0, 0.1) is 5.92 Å². The van der Waals surface area contributed by atoms with Gasteiger partial charge in [0.2, 0.25) is 5.88 Å². The van der Waals surface area contributed by atoms with Crippen LogP contribution in [0.1, 0.15) is 30.1 Å². The van der Waals surface area contributed by atoms with Crippen LogP contribution in [0.25, 0.3) is 0 Å². The standard InChI is InChI=1S/C13H20N2O3/c1-10(9-16)4-3-7-14-13(17)11-5-6-12(18-2)15-8-11/h5-6,8,10,16H,3-4,7,9H2,1-2H3,(H,14,17). The first kappa shape index (κ1) is 14.4. The lowest BCUT2D eigenvalue weighted by molar-refractivity contribution is 0.0951. The Kier molecular flexibility index (Phi) is 6.14. The van der Waals surface area contributed by atoms with E-state index in [1.165, 1.54) is 13.3 Å². The molecule has 0 spiro atoms. The van der Waals surface area contributed by atoms with Crippen molar-refractivity contribution in [2.24, 2.45) is 5.92 Å². The van der Waals surface area contributed by atoms with Crippen LogP contribution in [-0.2, 0) is 0 Å². The number of nitrogens with zero attached hydrogens (tertiary/aromatic N) is 1. The van der Waals surface area contributed by atoms with E-state index < -0.39 is 0 Å². The lowest BCUT2D eigenvalue weighted by atomic mass is 10.1. The van der Waals surface area contributed by atoms with Gasteiger partial charge in [0.25, 0.3) is 5.91 Å². The Morgan fingerprint density at radius 3 is 2.89 bits per heavy atom. The quantitative estimate of drug-likeness (QED) is 0.716. The molecule has 2 N–H and O–H groups in total. The number of amides is 1. The van der Waals surface area contributed by atoms with E-state index in [4.69, 9.17) is 9.84 Å². The second kappa shape index (κ2) is 7.66. The number of carbonyl (C=O) groups is 1. The van der Waals surface area contributed by atoms with E-state index in [1.807, 2.05) is 6.92 Å². The number of ether oxygens (including phenoxy) is 1. The molecule has 0 radical (unpaired) electrons. The van der Waals surface area contributed by atoms with E-state index in [0.717, 1.165) is 12.8 Å². The summed E-state index contributed by atoms with van der Waals surface area (Å²) in [4.78, 5) is 15.7. The van der Waals surface area contributed by atoms with Crippen LogP contribution in [0.2, 0.25) is 0 Å². The van der Waals surface area contributed by atoms with Crippen molar-refractivity contribution >= 4 is 5.91 Å². The smallest absolute Gasteiger partial charge is 0.252 e. The summed E-state index contributed by atoms with van der Waals surface area (Å²) in [7, 11) is 1.53. The lowest BCUT2D eigenvalue weighted by Crippen LogP contribution is -2.25. The predicted molar refractivity (Wildman–Crippen MR) is 68.6 cm³/mol. The van der Waals surface area contributed by atoms with E-state index in [9.17, 15) is 4.79 Å². The number of rotatable bonds is 7. The molecule has 1 rings (SSSR count). The highest BCUT2D eigenvalue weighted by Crippen LogP contribution is 2.07. The summed E-state index contributed by atoms with van der Waals surface area (Å²) in [6.07, 6.45) is 3.25. The van der Waals surface area contributed by atoms with Gasteiger partial charge < -0.3 is 15.2 Å². The van der Waals surface area contributed by atoms with E-state index in [0.29, 0.717) is 18.0 Å². The van der Waals surface area contributed by atoms with Gasteiger partial charge in [-0.1, -0.05) is 6.92 Å². The van der Waals surface area contributed by atoms with Gasteiger partial charge in [-0.15, -0.1) is 0 Å². The molecule has 0 saturated heterocycles. The largest absolute Gasteiger partial charge is 0.481 e. The van der Waals surface area contributed by atoms with Gasteiger partial charge in [0, 0.05) is 25.4 Å². The second-order valence-corrected chi connectivity index (χ2v) is 4.28. The minimum Gasteiger partial charge on any atom is -0.481 e. The Labute approximate surface area is 107 Å². The topological polar surface area (TPSA) is 71.5 Å². The van der Waals surface area contributed by atoms with E-state index in [-0.39, 0.29) is 18.4 Å². The molecule has 1 aromatic heterocycles. The van der Waals surface area contributed by atoms with Crippen molar-refractivity contribution in [3.63, 3.8) is 0 Å². The minimum absolute atomic E-state index is 0.137. The second-order valence-electron chi connectivity index (χ2n) is 4.28. The van der Waals surface area contributed by atoms with Crippen molar-refractivity contribution in [3.8, 4) is 5.88 Å². The van der Waals surface area contributed by atoms with Crippen molar-refractivity contribution in [1.82, 2.24) is 10.3 Å². The maximum absolute atomic E-state index is 11.7. The number of aliphatic hydroxyl groups excluding tert-OH is 1. The third-order valence-corrected chi connectivity index (χ3v) is 2.68. The van der Waals surface area contributed by atoms with Crippen LogP contribution < -0.4 is 10.1 Å².